The van der Waals surface area contributed by atoms with Gasteiger partial charge >= 0.3 is 0 Å². The van der Waals surface area contributed by atoms with Crippen molar-refractivity contribution < 1.29 is 9.59 Å². The summed E-state index contributed by atoms with van der Waals surface area (Å²) < 4.78 is 0. The summed E-state index contributed by atoms with van der Waals surface area (Å²) >= 11 is 0. The topological polar surface area (TPSA) is 97.1 Å². The van der Waals surface area contributed by atoms with Crippen LogP contribution in [0.2, 0.25) is 0 Å². The molecule has 20 heavy (non-hydrogen) atoms. The molecule has 1 aromatic heterocycles. The number of aromatic nitrogens is 1. The molecule has 2 amide bonds. The number of nitrogens with two attached hydrogens (primary N) is 1. The molecule has 1 rings (SSSR count). The molecule has 0 aliphatic carbocycles. The zero-order valence-corrected chi connectivity index (χ0v) is 12.4. The third-order valence-corrected chi connectivity index (χ3v) is 2.81. The van der Waals surface area contributed by atoms with E-state index in [4.69, 9.17) is 5.73 Å². The van der Waals surface area contributed by atoms with Crippen molar-refractivity contribution in [3.63, 3.8) is 0 Å². The van der Waals surface area contributed by atoms with Crippen LogP contribution in [-0.2, 0) is 4.79 Å². The van der Waals surface area contributed by atoms with Crippen molar-refractivity contribution in [3.05, 3.63) is 23.4 Å². The Balaban J connectivity index is 2.84. The summed E-state index contributed by atoms with van der Waals surface area (Å²) in [5, 5.41) is 5.29. The van der Waals surface area contributed by atoms with Gasteiger partial charge in [0.2, 0.25) is 5.91 Å². The maximum atomic E-state index is 12.1. The van der Waals surface area contributed by atoms with Crippen LogP contribution >= 0.6 is 0 Å². The van der Waals surface area contributed by atoms with E-state index in [-0.39, 0.29) is 17.7 Å². The number of carbonyl (C=O) groups is 2. The Labute approximate surface area is 119 Å². The van der Waals surface area contributed by atoms with Crippen molar-refractivity contribution in [1.82, 2.24) is 15.6 Å². The van der Waals surface area contributed by atoms with Gasteiger partial charge in [0.1, 0.15) is 11.9 Å². The lowest BCUT2D eigenvalue weighted by molar-refractivity contribution is -0.122. The molecule has 1 aromatic rings. The second-order valence-electron chi connectivity index (χ2n) is 4.95. The summed E-state index contributed by atoms with van der Waals surface area (Å²) in [5.41, 5.74) is 6.87. The highest BCUT2D eigenvalue weighted by molar-refractivity contribution is 5.98. The number of hydrogen-bond donors (Lipinski definition) is 3. The van der Waals surface area contributed by atoms with E-state index in [2.05, 4.69) is 15.6 Å². The van der Waals surface area contributed by atoms with Gasteiger partial charge in [-0.05, 0) is 31.9 Å². The second kappa shape index (κ2) is 6.88. The number of carbonyl (C=O) groups excluding carboxylic acids is 2. The fourth-order valence-corrected chi connectivity index (χ4v) is 1.67. The minimum Gasteiger partial charge on any atom is -0.384 e. The van der Waals surface area contributed by atoms with E-state index in [9.17, 15) is 9.59 Å². The van der Waals surface area contributed by atoms with E-state index in [1.165, 1.54) is 6.07 Å². The monoisotopic (exact) mass is 278 g/mol. The van der Waals surface area contributed by atoms with Crippen LogP contribution in [0.4, 0.5) is 5.82 Å². The van der Waals surface area contributed by atoms with Crippen LogP contribution in [0.3, 0.4) is 0 Å². The molecule has 1 heterocycles. The van der Waals surface area contributed by atoms with E-state index >= 15 is 0 Å². The van der Waals surface area contributed by atoms with Gasteiger partial charge in [-0.15, -0.1) is 0 Å². The zero-order valence-electron chi connectivity index (χ0n) is 12.4. The van der Waals surface area contributed by atoms with Crippen LogP contribution in [0, 0.1) is 0 Å². The van der Waals surface area contributed by atoms with Gasteiger partial charge in [0, 0.05) is 17.8 Å². The molecule has 1 atom stereocenters. The summed E-state index contributed by atoms with van der Waals surface area (Å²) in [5.74, 6) is -0.0791. The molecule has 0 saturated heterocycles. The molecule has 110 valence electrons. The molecule has 0 radical (unpaired) electrons. The van der Waals surface area contributed by atoms with Crippen LogP contribution in [0.1, 0.15) is 49.7 Å². The number of pyridine rings is 1. The van der Waals surface area contributed by atoms with Crippen LogP contribution in [0.15, 0.2) is 12.1 Å². The highest BCUT2D eigenvalue weighted by Gasteiger charge is 2.17. The Kier molecular flexibility index (Phi) is 5.49. The highest BCUT2D eigenvalue weighted by atomic mass is 16.2. The highest BCUT2D eigenvalue weighted by Crippen LogP contribution is 2.16. The molecule has 0 saturated carbocycles. The average molecular weight is 278 g/mol. The van der Waals surface area contributed by atoms with Crippen molar-refractivity contribution in [2.75, 3.05) is 12.3 Å². The number of likely N-dealkylation sites (N-methyl/N-ethyl adjacent to an activating group) is 1. The molecule has 6 heteroatoms. The van der Waals surface area contributed by atoms with Crippen molar-refractivity contribution >= 4 is 17.6 Å². The Bertz CT molecular complexity index is 500. The maximum Gasteiger partial charge on any atom is 0.252 e. The zero-order chi connectivity index (χ0) is 15.3. The van der Waals surface area contributed by atoms with E-state index in [0.717, 1.165) is 5.69 Å². The molecule has 0 spiro atoms. The molecular weight excluding hydrogens is 256 g/mol. The molecule has 6 nitrogen and oxygen atoms in total. The Hall–Kier alpha value is -2.11. The molecule has 1 unspecified atom stereocenters. The minimum atomic E-state index is -0.598. The van der Waals surface area contributed by atoms with Crippen molar-refractivity contribution in [1.29, 1.82) is 0 Å². The maximum absolute atomic E-state index is 12.1. The lowest BCUT2D eigenvalue weighted by Gasteiger charge is -2.14. The van der Waals surface area contributed by atoms with Crippen molar-refractivity contribution in [3.8, 4) is 0 Å². The smallest absolute Gasteiger partial charge is 0.252 e. The minimum absolute atomic E-state index is 0.172. The largest absolute Gasteiger partial charge is 0.384 e. The molecule has 0 bridgehead atoms. The van der Waals surface area contributed by atoms with E-state index in [0.29, 0.717) is 17.9 Å². The van der Waals surface area contributed by atoms with Crippen LogP contribution < -0.4 is 16.4 Å². The first-order valence-electron chi connectivity index (χ1n) is 6.71. The first-order valence-corrected chi connectivity index (χ1v) is 6.71. The average Bonchev–Trinajstić information content (AvgIpc) is 2.37. The third-order valence-electron chi connectivity index (χ3n) is 2.81. The molecule has 0 aromatic carbocycles. The standard InChI is InChI=1S/C14H22N4O2/c1-5-16-13(19)9(4)17-14(20)10-6-11(8(2)3)18-12(15)7-10/h6-9H,5H2,1-4H3,(H2,15,18)(H,16,19)(H,17,20). The van der Waals surface area contributed by atoms with Crippen molar-refractivity contribution in [2.24, 2.45) is 0 Å². The lowest BCUT2D eigenvalue weighted by Crippen LogP contribution is -2.44. The van der Waals surface area contributed by atoms with E-state index < -0.39 is 6.04 Å². The van der Waals surface area contributed by atoms with Gasteiger partial charge in [-0.3, -0.25) is 9.59 Å². The van der Waals surface area contributed by atoms with Crippen LogP contribution in [0.25, 0.3) is 0 Å². The lowest BCUT2D eigenvalue weighted by atomic mass is 10.1. The van der Waals surface area contributed by atoms with Gasteiger partial charge in [-0.2, -0.15) is 0 Å². The Morgan fingerprint density at radius 1 is 1.30 bits per heavy atom. The molecule has 0 aliphatic heterocycles. The van der Waals surface area contributed by atoms with Gasteiger partial charge < -0.3 is 16.4 Å². The normalized spacial score (nSPS) is 12.1. The van der Waals surface area contributed by atoms with Gasteiger partial charge in [-0.1, -0.05) is 13.8 Å². The molecule has 4 N–H and O–H groups in total. The van der Waals surface area contributed by atoms with Crippen LogP contribution in [0.5, 0.6) is 0 Å². The number of nitrogens with zero attached hydrogens (tertiary/aromatic N) is 1. The number of nitrogens with one attached hydrogen (secondary N) is 2. The van der Waals surface area contributed by atoms with Gasteiger partial charge in [0.05, 0.1) is 0 Å². The summed E-state index contributed by atoms with van der Waals surface area (Å²) in [6, 6.07) is 2.60. The quantitative estimate of drug-likeness (QED) is 0.749. The predicted octanol–water partition coefficient (Wildman–Crippen LogP) is 1.04. The molecule has 0 aliphatic rings. The first-order chi connectivity index (χ1) is 9.35. The number of amides is 2. The first kappa shape index (κ1) is 15.9. The fourth-order valence-electron chi connectivity index (χ4n) is 1.67. The summed E-state index contributed by atoms with van der Waals surface area (Å²) in [6.45, 7) is 7.93. The SMILES string of the molecule is CCNC(=O)C(C)NC(=O)c1cc(N)nc(C(C)C)c1. The third kappa shape index (κ3) is 4.22. The number of nitrogen functional groups attached to an aromatic ring is 1. The Morgan fingerprint density at radius 3 is 2.50 bits per heavy atom. The second-order valence-corrected chi connectivity index (χ2v) is 4.95. The Morgan fingerprint density at radius 2 is 1.95 bits per heavy atom. The van der Waals surface area contributed by atoms with E-state index in [1.807, 2.05) is 20.8 Å². The van der Waals surface area contributed by atoms with Crippen LogP contribution in [-0.4, -0.2) is 29.4 Å². The van der Waals surface area contributed by atoms with Gasteiger partial charge in [0.15, 0.2) is 0 Å². The number of anilines is 1. The molecule has 0 fully saturated rings. The number of rotatable bonds is 5. The van der Waals surface area contributed by atoms with Crippen molar-refractivity contribution in [2.45, 2.75) is 39.7 Å². The molecular formula is C14H22N4O2. The summed E-state index contributed by atoms with van der Waals surface area (Å²) in [4.78, 5) is 27.9. The fraction of sp³-hybridized carbons (Fsp3) is 0.500. The summed E-state index contributed by atoms with van der Waals surface area (Å²) in [7, 11) is 0. The number of hydrogen-bond acceptors (Lipinski definition) is 4. The predicted molar refractivity (Wildman–Crippen MR) is 78.4 cm³/mol. The van der Waals surface area contributed by atoms with Gasteiger partial charge in [0.25, 0.3) is 5.91 Å². The van der Waals surface area contributed by atoms with E-state index in [1.54, 1.807) is 13.0 Å². The van der Waals surface area contributed by atoms with Gasteiger partial charge in [-0.25, -0.2) is 4.98 Å². The summed E-state index contributed by atoms with van der Waals surface area (Å²) in [6.07, 6.45) is 0.